The van der Waals surface area contributed by atoms with Crippen LogP contribution in [-0.4, -0.2) is 18.6 Å². The van der Waals surface area contributed by atoms with Gasteiger partial charge >= 0.3 is 0 Å². The van der Waals surface area contributed by atoms with E-state index in [4.69, 9.17) is 22.1 Å². The predicted molar refractivity (Wildman–Crippen MR) is 61.5 cm³/mol. The van der Waals surface area contributed by atoms with E-state index >= 15 is 0 Å². The van der Waals surface area contributed by atoms with Crippen LogP contribution in [0.25, 0.3) is 0 Å². The number of nitrogens with zero attached hydrogens (tertiary/aromatic N) is 1. The summed E-state index contributed by atoms with van der Waals surface area (Å²) in [5, 5.41) is 11.1. The highest BCUT2D eigenvalue weighted by atomic mass is 35.5. The second-order valence-corrected chi connectivity index (χ2v) is 3.97. The minimum absolute atomic E-state index is 0.0314. The third-order valence-electron chi connectivity index (χ3n) is 2.57. The van der Waals surface area contributed by atoms with Crippen LogP contribution >= 0.6 is 11.6 Å². The van der Waals surface area contributed by atoms with E-state index in [2.05, 4.69) is 0 Å². The first-order valence-electron chi connectivity index (χ1n) is 4.64. The van der Waals surface area contributed by atoms with Crippen LogP contribution in [0.3, 0.4) is 0 Å². The summed E-state index contributed by atoms with van der Waals surface area (Å²) in [6.07, 6.45) is 0. The number of rotatable bonds is 4. The minimum atomic E-state index is -0.816. The molecule has 88 valence electrons. The van der Waals surface area contributed by atoms with Crippen LogP contribution in [-0.2, 0) is 10.3 Å². The fourth-order valence-corrected chi connectivity index (χ4v) is 1.65. The Bertz CT molecular complexity index is 405. The number of ether oxygens (including phenoxy) is 1. The van der Waals surface area contributed by atoms with Crippen LogP contribution in [0.5, 0.6) is 0 Å². The molecule has 0 fully saturated rings. The third-order valence-corrected chi connectivity index (χ3v) is 2.90. The van der Waals surface area contributed by atoms with Crippen molar-refractivity contribution in [3.8, 4) is 0 Å². The van der Waals surface area contributed by atoms with Crippen LogP contribution in [0.15, 0.2) is 18.2 Å². The zero-order chi connectivity index (χ0) is 12.3. The van der Waals surface area contributed by atoms with Crippen molar-refractivity contribution in [3.05, 3.63) is 38.9 Å². The zero-order valence-corrected chi connectivity index (χ0v) is 9.82. The predicted octanol–water partition coefficient (Wildman–Crippen LogP) is 2.07. The minimum Gasteiger partial charge on any atom is -0.372 e. The van der Waals surface area contributed by atoms with E-state index in [1.54, 1.807) is 6.92 Å². The summed E-state index contributed by atoms with van der Waals surface area (Å²) in [6.45, 7) is 1.92. The maximum Gasteiger partial charge on any atom is 0.269 e. The number of non-ortho nitro benzene ring substituents is 1. The van der Waals surface area contributed by atoms with Gasteiger partial charge in [-0.15, -0.1) is 0 Å². The molecule has 1 aromatic carbocycles. The number of methoxy groups -OCH3 is 1. The number of benzene rings is 1. The van der Waals surface area contributed by atoms with E-state index in [9.17, 15) is 10.1 Å². The maximum absolute atomic E-state index is 10.7. The number of halogens is 1. The fraction of sp³-hybridized carbons (Fsp3) is 0.400. The lowest BCUT2D eigenvalue weighted by Gasteiger charge is -2.27. The summed E-state index contributed by atoms with van der Waals surface area (Å²) in [5.74, 6) is 0. The van der Waals surface area contributed by atoms with E-state index in [1.807, 2.05) is 0 Å². The number of nitrogens with two attached hydrogens (primary N) is 1. The molecule has 0 heterocycles. The topological polar surface area (TPSA) is 78.4 Å². The summed E-state index contributed by atoms with van der Waals surface area (Å²) in [7, 11) is 1.49. The quantitative estimate of drug-likeness (QED) is 0.650. The summed E-state index contributed by atoms with van der Waals surface area (Å²) in [4.78, 5) is 10.2. The second-order valence-electron chi connectivity index (χ2n) is 3.56. The SMILES string of the molecule is COC(C)(CN)c1cc([N+](=O)[O-])ccc1Cl. The Morgan fingerprint density at radius 2 is 2.25 bits per heavy atom. The van der Waals surface area contributed by atoms with Crippen molar-refractivity contribution in [2.45, 2.75) is 12.5 Å². The first-order chi connectivity index (χ1) is 7.44. The Kier molecular flexibility index (Phi) is 3.85. The molecule has 0 amide bonds. The molecule has 0 bridgehead atoms. The average Bonchev–Trinajstić information content (AvgIpc) is 2.28. The van der Waals surface area contributed by atoms with Crippen LogP contribution in [0.4, 0.5) is 5.69 Å². The monoisotopic (exact) mass is 244 g/mol. The molecule has 0 aliphatic rings. The molecular formula is C10H13ClN2O3. The normalized spacial score (nSPS) is 14.5. The summed E-state index contributed by atoms with van der Waals surface area (Å²) in [5.41, 5.74) is 5.27. The van der Waals surface area contributed by atoms with Crippen molar-refractivity contribution in [1.82, 2.24) is 0 Å². The van der Waals surface area contributed by atoms with E-state index in [0.29, 0.717) is 10.6 Å². The van der Waals surface area contributed by atoms with Gasteiger partial charge in [0.2, 0.25) is 0 Å². The second kappa shape index (κ2) is 4.78. The van der Waals surface area contributed by atoms with Gasteiger partial charge in [-0.1, -0.05) is 11.6 Å². The number of hydrogen-bond acceptors (Lipinski definition) is 4. The van der Waals surface area contributed by atoms with Crippen LogP contribution in [0, 0.1) is 10.1 Å². The molecule has 1 rings (SSSR count). The highest BCUT2D eigenvalue weighted by Crippen LogP contribution is 2.32. The lowest BCUT2D eigenvalue weighted by molar-refractivity contribution is -0.385. The summed E-state index contributed by atoms with van der Waals surface area (Å²) < 4.78 is 5.26. The van der Waals surface area contributed by atoms with Gasteiger partial charge in [0.25, 0.3) is 5.69 Å². The molecule has 0 aliphatic heterocycles. The van der Waals surface area contributed by atoms with Gasteiger partial charge in [0.05, 0.1) is 4.92 Å². The smallest absolute Gasteiger partial charge is 0.269 e. The highest BCUT2D eigenvalue weighted by molar-refractivity contribution is 6.31. The first kappa shape index (κ1) is 12.9. The molecule has 0 spiro atoms. The van der Waals surface area contributed by atoms with Crippen LogP contribution in [0.2, 0.25) is 5.02 Å². The van der Waals surface area contributed by atoms with Gasteiger partial charge < -0.3 is 10.5 Å². The Balaban J connectivity index is 3.31. The largest absolute Gasteiger partial charge is 0.372 e. The van der Waals surface area contributed by atoms with Crippen LogP contribution < -0.4 is 5.73 Å². The molecule has 0 aliphatic carbocycles. The van der Waals surface area contributed by atoms with Crippen molar-refractivity contribution in [1.29, 1.82) is 0 Å². The van der Waals surface area contributed by atoms with Crippen molar-refractivity contribution in [3.63, 3.8) is 0 Å². The molecule has 1 unspecified atom stereocenters. The molecule has 0 saturated carbocycles. The zero-order valence-electron chi connectivity index (χ0n) is 9.07. The molecular weight excluding hydrogens is 232 g/mol. The number of nitro benzene ring substituents is 1. The van der Waals surface area contributed by atoms with E-state index in [1.165, 1.54) is 25.3 Å². The Labute approximate surface area is 98.3 Å². The number of hydrogen-bond donors (Lipinski definition) is 1. The highest BCUT2D eigenvalue weighted by Gasteiger charge is 2.28. The van der Waals surface area contributed by atoms with Gasteiger partial charge in [0.15, 0.2) is 0 Å². The molecule has 16 heavy (non-hydrogen) atoms. The Morgan fingerprint density at radius 1 is 1.62 bits per heavy atom. The molecule has 1 atom stereocenters. The van der Waals surface area contributed by atoms with Crippen molar-refractivity contribution in [2.24, 2.45) is 5.73 Å². The Hall–Kier alpha value is -1.17. The van der Waals surface area contributed by atoms with E-state index in [-0.39, 0.29) is 12.2 Å². The van der Waals surface area contributed by atoms with Crippen molar-refractivity contribution >= 4 is 17.3 Å². The Morgan fingerprint density at radius 3 is 2.69 bits per heavy atom. The lowest BCUT2D eigenvalue weighted by atomic mass is 9.95. The molecule has 5 nitrogen and oxygen atoms in total. The molecule has 0 radical (unpaired) electrons. The van der Waals surface area contributed by atoms with Gasteiger partial charge in [-0.3, -0.25) is 10.1 Å². The van der Waals surface area contributed by atoms with Gasteiger partial charge in [-0.25, -0.2) is 0 Å². The number of nitro groups is 1. The van der Waals surface area contributed by atoms with Crippen LogP contribution in [0.1, 0.15) is 12.5 Å². The lowest BCUT2D eigenvalue weighted by Crippen LogP contribution is -2.34. The van der Waals surface area contributed by atoms with Gasteiger partial charge in [0, 0.05) is 36.4 Å². The molecule has 6 heteroatoms. The third kappa shape index (κ3) is 2.32. The molecule has 0 aromatic heterocycles. The van der Waals surface area contributed by atoms with Gasteiger partial charge in [0.1, 0.15) is 5.60 Å². The van der Waals surface area contributed by atoms with Gasteiger partial charge in [-0.2, -0.15) is 0 Å². The molecule has 1 aromatic rings. The van der Waals surface area contributed by atoms with Crippen molar-refractivity contribution in [2.75, 3.05) is 13.7 Å². The van der Waals surface area contributed by atoms with E-state index < -0.39 is 10.5 Å². The standard InChI is InChI=1S/C10H13ClN2O3/c1-10(6-12,16-2)8-5-7(13(14)15)3-4-9(8)11/h3-5H,6,12H2,1-2H3. The van der Waals surface area contributed by atoms with Crippen molar-refractivity contribution < 1.29 is 9.66 Å². The van der Waals surface area contributed by atoms with Gasteiger partial charge in [-0.05, 0) is 13.0 Å². The van der Waals surface area contributed by atoms with E-state index in [0.717, 1.165) is 0 Å². The average molecular weight is 245 g/mol. The summed E-state index contributed by atoms with van der Waals surface area (Å²) in [6, 6.07) is 4.21. The maximum atomic E-state index is 10.7. The summed E-state index contributed by atoms with van der Waals surface area (Å²) >= 11 is 5.98. The first-order valence-corrected chi connectivity index (χ1v) is 5.02. The molecule has 2 N–H and O–H groups in total. The fourth-order valence-electron chi connectivity index (χ4n) is 1.34. The molecule has 0 saturated heterocycles.